The van der Waals surface area contributed by atoms with Crippen LogP contribution in [0.25, 0.3) is 0 Å². The maximum absolute atomic E-state index is 11.3. The number of aldehydes is 1. The van der Waals surface area contributed by atoms with Gasteiger partial charge in [-0.15, -0.1) is 0 Å². The van der Waals surface area contributed by atoms with Gasteiger partial charge in [-0.3, -0.25) is 0 Å². The third-order valence-electron chi connectivity index (χ3n) is 3.88. The minimum Gasteiger partial charge on any atom is -0.396 e. The van der Waals surface area contributed by atoms with Gasteiger partial charge in [0.25, 0.3) is 0 Å². The molecule has 0 aromatic heterocycles. The predicted molar refractivity (Wildman–Crippen MR) is 70.0 cm³/mol. The summed E-state index contributed by atoms with van der Waals surface area (Å²) in [6.45, 7) is 2.24. The molecule has 0 aliphatic heterocycles. The summed E-state index contributed by atoms with van der Waals surface area (Å²) in [5.74, 6) is 0. The van der Waals surface area contributed by atoms with Crippen molar-refractivity contribution in [3.8, 4) is 0 Å². The number of carbonyl (C=O) groups excluding carboxylic acids is 1. The van der Waals surface area contributed by atoms with Crippen molar-refractivity contribution in [2.45, 2.75) is 51.4 Å². The normalized spacial score (nSPS) is 19.5. The van der Waals surface area contributed by atoms with E-state index in [0.29, 0.717) is 6.61 Å². The molecule has 0 spiro atoms. The lowest BCUT2D eigenvalue weighted by Gasteiger charge is -2.35. The number of rotatable bonds is 8. The van der Waals surface area contributed by atoms with Crippen molar-refractivity contribution in [1.82, 2.24) is 4.90 Å². The second kappa shape index (κ2) is 7.83. The van der Waals surface area contributed by atoms with Crippen molar-refractivity contribution < 1.29 is 9.90 Å². The van der Waals surface area contributed by atoms with Crippen molar-refractivity contribution in [3.05, 3.63) is 0 Å². The molecule has 100 valence electrons. The minimum absolute atomic E-state index is 0.0655. The predicted octanol–water partition coefficient (Wildman–Crippen LogP) is 2.23. The summed E-state index contributed by atoms with van der Waals surface area (Å²) in [5, 5.41) is 8.71. The van der Waals surface area contributed by atoms with Crippen molar-refractivity contribution in [1.29, 1.82) is 0 Å². The van der Waals surface area contributed by atoms with E-state index in [0.717, 1.165) is 45.2 Å². The molecule has 1 N–H and O–H groups in total. The highest BCUT2D eigenvalue weighted by Gasteiger charge is 2.32. The molecule has 0 atom stereocenters. The Hall–Kier alpha value is -0.410. The Morgan fingerprint density at radius 2 is 1.88 bits per heavy atom. The summed E-state index contributed by atoms with van der Waals surface area (Å²) in [6.07, 6.45) is 10.1. The van der Waals surface area contributed by atoms with Gasteiger partial charge in [0.2, 0.25) is 0 Å². The van der Waals surface area contributed by atoms with Gasteiger partial charge >= 0.3 is 0 Å². The van der Waals surface area contributed by atoms with E-state index in [2.05, 4.69) is 11.9 Å². The van der Waals surface area contributed by atoms with Crippen LogP contribution in [-0.4, -0.2) is 43.0 Å². The zero-order valence-electron chi connectivity index (χ0n) is 11.2. The topological polar surface area (TPSA) is 40.5 Å². The zero-order chi connectivity index (χ0) is 12.6. The van der Waals surface area contributed by atoms with Gasteiger partial charge in [-0.25, -0.2) is 0 Å². The van der Waals surface area contributed by atoms with Gasteiger partial charge in [0, 0.05) is 18.6 Å². The van der Waals surface area contributed by atoms with Crippen LogP contribution in [0.2, 0.25) is 0 Å². The van der Waals surface area contributed by atoms with Crippen LogP contribution < -0.4 is 0 Å². The third kappa shape index (κ3) is 5.17. The summed E-state index contributed by atoms with van der Waals surface area (Å²) < 4.78 is 0. The highest BCUT2D eigenvalue weighted by Crippen LogP contribution is 2.34. The van der Waals surface area contributed by atoms with E-state index in [1.54, 1.807) is 0 Å². The fourth-order valence-electron chi connectivity index (χ4n) is 2.86. The van der Waals surface area contributed by atoms with Gasteiger partial charge in [0.1, 0.15) is 6.29 Å². The quantitative estimate of drug-likeness (QED) is 0.523. The molecule has 1 fully saturated rings. The SMILES string of the molecule is CN(CCCCCO)CC1(C=O)CCCCC1. The van der Waals surface area contributed by atoms with E-state index in [4.69, 9.17) is 5.11 Å². The van der Waals surface area contributed by atoms with E-state index in [9.17, 15) is 4.79 Å². The van der Waals surface area contributed by atoms with Crippen LogP contribution in [0.15, 0.2) is 0 Å². The van der Waals surface area contributed by atoms with Gasteiger partial charge in [-0.2, -0.15) is 0 Å². The van der Waals surface area contributed by atoms with Crippen molar-refractivity contribution in [3.63, 3.8) is 0 Å². The number of unbranched alkanes of at least 4 members (excludes halogenated alkanes) is 2. The molecule has 0 aromatic carbocycles. The molecule has 3 nitrogen and oxygen atoms in total. The average Bonchev–Trinajstić information content (AvgIpc) is 2.36. The first kappa shape index (κ1) is 14.7. The van der Waals surface area contributed by atoms with Gasteiger partial charge in [-0.1, -0.05) is 19.3 Å². The minimum atomic E-state index is -0.0655. The van der Waals surface area contributed by atoms with Gasteiger partial charge < -0.3 is 14.8 Å². The lowest BCUT2D eigenvalue weighted by atomic mass is 9.75. The van der Waals surface area contributed by atoms with Crippen LogP contribution in [0.5, 0.6) is 0 Å². The maximum atomic E-state index is 11.3. The number of aliphatic hydroxyl groups is 1. The molecule has 0 amide bonds. The van der Waals surface area contributed by atoms with Gasteiger partial charge in [-0.05, 0) is 45.7 Å². The molecule has 0 saturated heterocycles. The number of hydrogen-bond donors (Lipinski definition) is 1. The van der Waals surface area contributed by atoms with E-state index in [1.807, 2.05) is 0 Å². The van der Waals surface area contributed by atoms with Crippen LogP contribution in [-0.2, 0) is 4.79 Å². The summed E-state index contributed by atoms with van der Waals surface area (Å²) >= 11 is 0. The molecule has 17 heavy (non-hydrogen) atoms. The fraction of sp³-hybridized carbons (Fsp3) is 0.929. The third-order valence-corrected chi connectivity index (χ3v) is 3.88. The molecule has 1 rings (SSSR count). The summed E-state index contributed by atoms with van der Waals surface area (Å²) in [5.41, 5.74) is -0.0655. The molecule has 0 radical (unpaired) electrons. The average molecular weight is 241 g/mol. The van der Waals surface area contributed by atoms with E-state index < -0.39 is 0 Å². The monoisotopic (exact) mass is 241 g/mol. The Morgan fingerprint density at radius 1 is 1.18 bits per heavy atom. The lowest BCUT2D eigenvalue weighted by Crippen LogP contribution is -2.38. The Morgan fingerprint density at radius 3 is 2.47 bits per heavy atom. The first-order valence-electron chi connectivity index (χ1n) is 6.98. The first-order valence-corrected chi connectivity index (χ1v) is 6.98. The van der Waals surface area contributed by atoms with Crippen LogP contribution in [0.4, 0.5) is 0 Å². The van der Waals surface area contributed by atoms with Crippen molar-refractivity contribution >= 4 is 6.29 Å². The Balaban J connectivity index is 2.26. The van der Waals surface area contributed by atoms with Gasteiger partial charge in [0.05, 0.1) is 0 Å². The molecule has 0 heterocycles. The Kier molecular flexibility index (Phi) is 6.75. The van der Waals surface area contributed by atoms with Crippen LogP contribution in [0.1, 0.15) is 51.4 Å². The van der Waals surface area contributed by atoms with Crippen LogP contribution in [0.3, 0.4) is 0 Å². The second-order valence-corrected chi connectivity index (χ2v) is 5.56. The molecular formula is C14H27NO2. The molecule has 1 aliphatic carbocycles. The lowest BCUT2D eigenvalue weighted by molar-refractivity contribution is -0.118. The molecule has 0 aromatic rings. The summed E-state index contributed by atoms with van der Waals surface area (Å²) in [6, 6.07) is 0. The highest BCUT2D eigenvalue weighted by molar-refractivity contribution is 5.60. The fourth-order valence-corrected chi connectivity index (χ4v) is 2.86. The largest absolute Gasteiger partial charge is 0.396 e. The molecule has 1 saturated carbocycles. The van der Waals surface area contributed by atoms with Crippen LogP contribution >= 0.6 is 0 Å². The highest BCUT2D eigenvalue weighted by atomic mass is 16.2. The Labute approximate surface area is 105 Å². The molecule has 3 heteroatoms. The number of carbonyl (C=O) groups is 1. The van der Waals surface area contributed by atoms with Gasteiger partial charge in [0.15, 0.2) is 0 Å². The summed E-state index contributed by atoms with van der Waals surface area (Å²) in [4.78, 5) is 13.6. The second-order valence-electron chi connectivity index (χ2n) is 5.56. The first-order chi connectivity index (χ1) is 8.22. The maximum Gasteiger partial charge on any atom is 0.127 e. The van der Waals surface area contributed by atoms with Crippen molar-refractivity contribution in [2.24, 2.45) is 5.41 Å². The zero-order valence-corrected chi connectivity index (χ0v) is 11.2. The van der Waals surface area contributed by atoms with E-state index in [-0.39, 0.29) is 5.41 Å². The van der Waals surface area contributed by atoms with E-state index in [1.165, 1.54) is 25.5 Å². The number of aliphatic hydroxyl groups excluding tert-OH is 1. The van der Waals surface area contributed by atoms with Crippen LogP contribution in [0, 0.1) is 5.41 Å². The molecule has 0 unspecified atom stereocenters. The Bertz CT molecular complexity index is 212. The smallest absolute Gasteiger partial charge is 0.127 e. The number of hydrogen-bond acceptors (Lipinski definition) is 3. The van der Waals surface area contributed by atoms with E-state index >= 15 is 0 Å². The van der Waals surface area contributed by atoms with Crippen molar-refractivity contribution in [2.75, 3.05) is 26.7 Å². The summed E-state index contributed by atoms with van der Waals surface area (Å²) in [7, 11) is 2.11. The standard InChI is InChI=1S/C14H27NO2/c1-15(10-6-3-7-11-16)12-14(13-17)8-4-2-5-9-14/h13,16H,2-12H2,1H3. The molecule has 1 aliphatic rings. The molecule has 0 bridgehead atoms. The molecular weight excluding hydrogens is 214 g/mol. The number of nitrogens with zero attached hydrogens (tertiary/aromatic N) is 1.